The number of hydrogen-bond acceptors (Lipinski definition) is 3. The van der Waals surface area contributed by atoms with Crippen molar-refractivity contribution in [2.24, 2.45) is 7.05 Å². The van der Waals surface area contributed by atoms with E-state index in [0.29, 0.717) is 18.0 Å². The number of hydrogen-bond donors (Lipinski definition) is 0. The lowest BCUT2D eigenvalue weighted by Crippen LogP contribution is -2.39. The van der Waals surface area contributed by atoms with Gasteiger partial charge in [-0.05, 0) is 67.3 Å². The third-order valence-electron chi connectivity index (χ3n) is 5.54. The molecule has 0 N–H and O–H groups in total. The molecule has 1 unspecified atom stereocenters. The molecule has 5 nitrogen and oxygen atoms in total. The van der Waals surface area contributed by atoms with Crippen LogP contribution in [0.15, 0.2) is 35.5 Å². The molecular formula is C19H25N3O2S. The molecule has 2 aromatic rings. The smallest absolute Gasteiger partial charge is 0.243 e. The first-order chi connectivity index (χ1) is 12.0. The summed E-state index contributed by atoms with van der Waals surface area (Å²) in [5.41, 5.74) is 3.66. The van der Waals surface area contributed by atoms with Gasteiger partial charge in [-0.2, -0.15) is 9.40 Å². The maximum absolute atomic E-state index is 13.2. The molecule has 0 bridgehead atoms. The van der Waals surface area contributed by atoms with Crippen LogP contribution in [0.5, 0.6) is 0 Å². The van der Waals surface area contributed by atoms with Crippen LogP contribution in [0.3, 0.4) is 0 Å². The molecular weight excluding hydrogens is 334 g/mol. The molecule has 1 saturated heterocycles. The van der Waals surface area contributed by atoms with Crippen LogP contribution in [0, 0.1) is 0 Å². The third kappa shape index (κ3) is 3.25. The first-order valence-corrected chi connectivity index (χ1v) is 10.6. The molecule has 1 atom stereocenters. The van der Waals surface area contributed by atoms with Gasteiger partial charge in [0, 0.05) is 32.3 Å². The lowest BCUT2D eigenvalue weighted by atomic mass is 9.92. The largest absolute Gasteiger partial charge is 0.276 e. The molecule has 0 amide bonds. The Morgan fingerprint density at radius 1 is 1.12 bits per heavy atom. The van der Waals surface area contributed by atoms with E-state index in [0.717, 1.165) is 37.7 Å². The molecule has 1 aromatic heterocycles. The standard InChI is InChI=1S/C19H25N3O2S/c1-21-13-18(12-20-21)17-7-4-10-22(14-17)25(23,24)19-9-8-15-5-2-3-6-16(15)11-19/h8-9,11-13,17H,2-7,10,14H2,1H3. The summed E-state index contributed by atoms with van der Waals surface area (Å²) < 4.78 is 29.8. The molecule has 0 radical (unpaired) electrons. The van der Waals surface area contributed by atoms with Crippen molar-refractivity contribution in [3.63, 3.8) is 0 Å². The topological polar surface area (TPSA) is 55.2 Å². The average molecular weight is 359 g/mol. The molecule has 0 saturated carbocycles. The van der Waals surface area contributed by atoms with E-state index in [1.165, 1.54) is 17.5 Å². The number of sulfonamides is 1. The van der Waals surface area contributed by atoms with Crippen LogP contribution < -0.4 is 0 Å². The highest BCUT2D eigenvalue weighted by molar-refractivity contribution is 7.89. The Morgan fingerprint density at radius 2 is 1.92 bits per heavy atom. The summed E-state index contributed by atoms with van der Waals surface area (Å²) >= 11 is 0. The molecule has 1 fully saturated rings. The van der Waals surface area contributed by atoms with Gasteiger partial charge >= 0.3 is 0 Å². The molecule has 6 heteroatoms. The number of nitrogens with zero attached hydrogens (tertiary/aromatic N) is 3. The van der Waals surface area contributed by atoms with Crippen molar-refractivity contribution in [1.82, 2.24) is 14.1 Å². The van der Waals surface area contributed by atoms with E-state index in [4.69, 9.17) is 0 Å². The fourth-order valence-electron chi connectivity index (χ4n) is 4.10. The predicted molar refractivity (Wildman–Crippen MR) is 97.0 cm³/mol. The van der Waals surface area contributed by atoms with Gasteiger partial charge in [-0.1, -0.05) is 6.07 Å². The van der Waals surface area contributed by atoms with Gasteiger partial charge in [0.1, 0.15) is 0 Å². The van der Waals surface area contributed by atoms with Crippen LogP contribution in [0.25, 0.3) is 0 Å². The van der Waals surface area contributed by atoms with E-state index in [2.05, 4.69) is 5.10 Å². The minimum absolute atomic E-state index is 0.231. The molecule has 1 aliphatic heterocycles. The second-order valence-electron chi connectivity index (χ2n) is 7.29. The fraction of sp³-hybridized carbons (Fsp3) is 0.526. The first-order valence-electron chi connectivity index (χ1n) is 9.14. The number of rotatable bonds is 3. The normalized spacial score (nSPS) is 21.9. The molecule has 4 rings (SSSR count). The van der Waals surface area contributed by atoms with Crippen LogP contribution in [0.4, 0.5) is 0 Å². The Balaban J connectivity index is 1.59. The van der Waals surface area contributed by atoms with E-state index in [1.807, 2.05) is 31.6 Å². The van der Waals surface area contributed by atoms with Gasteiger partial charge in [0.2, 0.25) is 10.0 Å². The van der Waals surface area contributed by atoms with Gasteiger partial charge in [-0.3, -0.25) is 4.68 Å². The van der Waals surface area contributed by atoms with Crippen LogP contribution in [0.1, 0.15) is 48.3 Å². The summed E-state index contributed by atoms with van der Waals surface area (Å²) in [4.78, 5) is 0.458. The van der Waals surface area contributed by atoms with Crippen molar-refractivity contribution in [2.75, 3.05) is 13.1 Å². The zero-order valence-electron chi connectivity index (χ0n) is 14.7. The van der Waals surface area contributed by atoms with E-state index < -0.39 is 10.0 Å². The van der Waals surface area contributed by atoms with Gasteiger partial charge in [0.15, 0.2) is 0 Å². The lowest BCUT2D eigenvalue weighted by Gasteiger charge is -2.31. The molecule has 2 aliphatic rings. The lowest BCUT2D eigenvalue weighted by molar-refractivity contribution is 0.315. The van der Waals surface area contributed by atoms with Crippen molar-refractivity contribution >= 4 is 10.0 Å². The number of piperidine rings is 1. The maximum Gasteiger partial charge on any atom is 0.243 e. The predicted octanol–water partition coefficient (Wildman–Crippen LogP) is 2.87. The Morgan fingerprint density at radius 3 is 2.68 bits per heavy atom. The van der Waals surface area contributed by atoms with Crippen molar-refractivity contribution in [2.45, 2.75) is 49.3 Å². The monoisotopic (exact) mass is 359 g/mol. The third-order valence-corrected chi connectivity index (χ3v) is 7.40. The summed E-state index contributed by atoms with van der Waals surface area (Å²) in [6.07, 6.45) is 10.2. The molecule has 2 heterocycles. The zero-order chi connectivity index (χ0) is 17.4. The quantitative estimate of drug-likeness (QED) is 0.847. The van der Waals surface area contributed by atoms with Gasteiger partial charge in [-0.25, -0.2) is 8.42 Å². The van der Waals surface area contributed by atoms with E-state index in [-0.39, 0.29) is 5.92 Å². The van der Waals surface area contributed by atoms with Crippen molar-refractivity contribution in [1.29, 1.82) is 0 Å². The Kier molecular flexibility index (Phi) is 4.41. The minimum Gasteiger partial charge on any atom is -0.276 e. The molecule has 0 spiro atoms. The second kappa shape index (κ2) is 6.57. The Bertz CT molecular complexity index is 873. The van der Waals surface area contributed by atoms with Gasteiger partial charge in [-0.15, -0.1) is 0 Å². The number of aryl methyl sites for hydroxylation is 3. The van der Waals surface area contributed by atoms with E-state index >= 15 is 0 Å². The highest BCUT2D eigenvalue weighted by atomic mass is 32.2. The van der Waals surface area contributed by atoms with E-state index in [9.17, 15) is 8.42 Å². The van der Waals surface area contributed by atoms with Crippen LogP contribution in [0.2, 0.25) is 0 Å². The van der Waals surface area contributed by atoms with Crippen molar-refractivity contribution < 1.29 is 8.42 Å². The highest BCUT2D eigenvalue weighted by Crippen LogP contribution is 2.31. The average Bonchev–Trinajstić information content (AvgIpc) is 3.08. The number of benzene rings is 1. The highest BCUT2D eigenvalue weighted by Gasteiger charge is 2.31. The maximum atomic E-state index is 13.2. The summed E-state index contributed by atoms with van der Waals surface area (Å²) in [6, 6.07) is 5.73. The first kappa shape index (κ1) is 16.8. The number of fused-ring (bicyclic) bond motifs is 1. The zero-order valence-corrected chi connectivity index (χ0v) is 15.5. The SMILES string of the molecule is Cn1cc(C2CCCN(S(=O)(=O)c3ccc4c(c3)CCCC4)C2)cn1. The van der Waals surface area contributed by atoms with Crippen LogP contribution in [-0.4, -0.2) is 35.6 Å². The van der Waals surface area contributed by atoms with Crippen LogP contribution >= 0.6 is 0 Å². The summed E-state index contributed by atoms with van der Waals surface area (Å²) in [6.45, 7) is 1.15. The van der Waals surface area contributed by atoms with Gasteiger partial charge in [0.05, 0.1) is 11.1 Å². The molecule has 25 heavy (non-hydrogen) atoms. The minimum atomic E-state index is -3.42. The Labute approximate surface area is 149 Å². The van der Waals surface area contributed by atoms with Crippen LogP contribution in [-0.2, 0) is 29.9 Å². The second-order valence-corrected chi connectivity index (χ2v) is 9.23. The summed E-state index contributed by atoms with van der Waals surface area (Å²) in [5.74, 6) is 0.231. The Hall–Kier alpha value is -1.66. The van der Waals surface area contributed by atoms with Crippen molar-refractivity contribution in [3.8, 4) is 0 Å². The summed E-state index contributed by atoms with van der Waals surface area (Å²) in [5, 5.41) is 4.23. The summed E-state index contributed by atoms with van der Waals surface area (Å²) in [7, 11) is -1.53. The fourth-order valence-corrected chi connectivity index (χ4v) is 5.68. The van der Waals surface area contributed by atoms with Gasteiger partial charge in [0.25, 0.3) is 0 Å². The van der Waals surface area contributed by atoms with Crippen molar-refractivity contribution in [3.05, 3.63) is 47.3 Å². The number of aromatic nitrogens is 2. The molecule has 1 aliphatic carbocycles. The molecule has 1 aromatic carbocycles. The van der Waals surface area contributed by atoms with Gasteiger partial charge < -0.3 is 0 Å². The van der Waals surface area contributed by atoms with E-state index in [1.54, 1.807) is 15.1 Å². The molecule has 134 valence electrons.